The summed E-state index contributed by atoms with van der Waals surface area (Å²) in [5.74, 6) is 0. The van der Waals surface area contributed by atoms with Crippen molar-refractivity contribution in [1.82, 2.24) is 0 Å². The van der Waals surface area contributed by atoms with Gasteiger partial charge in [-0.1, -0.05) is 72.8 Å². The van der Waals surface area contributed by atoms with Crippen molar-refractivity contribution in [3.8, 4) is 0 Å². The van der Waals surface area contributed by atoms with Crippen LogP contribution in [0.5, 0.6) is 0 Å². The summed E-state index contributed by atoms with van der Waals surface area (Å²) in [4.78, 5) is 0. The van der Waals surface area contributed by atoms with Gasteiger partial charge in [-0.2, -0.15) is 0 Å². The number of hydrogen-bond acceptors (Lipinski definition) is 0. The Labute approximate surface area is 224 Å². The molecule has 0 unspecified atom stereocenters. The van der Waals surface area contributed by atoms with Crippen LogP contribution in [0.4, 0.5) is 0 Å². The van der Waals surface area contributed by atoms with E-state index in [0.29, 0.717) is 0 Å². The first-order valence-electron chi connectivity index (χ1n) is 10.5. The minimum Gasteiger partial charge on any atom is -1.00 e. The average Bonchev–Trinajstić information content (AvgIpc) is 3.38. The smallest absolute Gasteiger partial charge is 0.0771 e. The van der Waals surface area contributed by atoms with Gasteiger partial charge in [0.1, 0.15) is 0 Å². The maximum absolute atomic E-state index is 5.56. The molecule has 6 aromatic carbocycles. The first kappa shape index (κ1) is 27.7. The largest absolute Gasteiger partial charge is 1.00 e. The normalized spacial score (nSPS) is 9.94. The van der Waals surface area contributed by atoms with Crippen LogP contribution in [0, 0.1) is 0 Å². The Morgan fingerprint density at radius 2 is 0.788 bits per heavy atom. The van der Waals surface area contributed by atoms with Crippen LogP contribution in [0.3, 0.4) is 0 Å². The molecule has 0 fully saturated rings. The second kappa shape index (κ2) is 13.3. The zero-order valence-electron chi connectivity index (χ0n) is 18.2. The Hall–Kier alpha value is -1.58. The molecule has 0 aliphatic rings. The minimum atomic E-state index is -0.402. The Balaban J connectivity index is 0.000000186. The molecule has 166 valence electrons. The van der Waals surface area contributed by atoms with Crippen LogP contribution in [-0.4, -0.2) is 5.50 Å². The molecule has 0 aromatic heterocycles. The predicted molar refractivity (Wildman–Crippen MR) is 136 cm³/mol. The number of halogens is 3. The minimum absolute atomic E-state index is 0. The van der Waals surface area contributed by atoms with E-state index in [1.807, 2.05) is 0 Å². The molecule has 0 saturated heterocycles. The third-order valence-electron chi connectivity index (χ3n) is 5.36. The summed E-state index contributed by atoms with van der Waals surface area (Å²) >= 11 is 7.65. The third-order valence-corrected chi connectivity index (χ3v) is 8.43. The SMILES string of the molecule is CC[Si](Cl)=[Ti+2].[Cl-].[Cl-].c1ccc2c(c1)[cH-]c1ccccc12.c1ccc2c(c1)[cH-]c1ccccc12. The van der Waals surface area contributed by atoms with E-state index >= 15 is 0 Å². The molecule has 0 amide bonds. The van der Waals surface area contributed by atoms with Crippen molar-refractivity contribution in [1.29, 1.82) is 0 Å². The molecule has 0 nitrogen and oxygen atoms in total. The van der Waals surface area contributed by atoms with Crippen molar-refractivity contribution in [2.75, 3.05) is 0 Å². The van der Waals surface area contributed by atoms with Gasteiger partial charge in [0.15, 0.2) is 0 Å². The summed E-state index contributed by atoms with van der Waals surface area (Å²) in [7, 11) is 0. The molecule has 6 aromatic rings. The molecule has 0 aliphatic carbocycles. The molecular weight excluding hydrogens is 519 g/mol. The van der Waals surface area contributed by atoms with Gasteiger partial charge in [0.25, 0.3) is 0 Å². The van der Waals surface area contributed by atoms with Crippen molar-refractivity contribution in [3.63, 3.8) is 0 Å². The molecular formula is C28H23Cl3SiTi-2. The van der Waals surface area contributed by atoms with Crippen LogP contribution in [0.2, 0.25) is 6.04 Å². The fourth-order valence-corrected chi connectivity index (χ4v) is 3.81. The summed E-state index contributed by atoms with van der Waals surface area (Å²) < 4.78 is 0. The van der Waals surface area contributed by atoms with Crippen LogP contribution in [0.15, 0.2) is 109 Å². The first-order valence-corrected chi connectivity index (χ1v) is 15.5. The third kappa shape index (κ3) is 6.73. The van der Waals surface area contributed by atoms with Crippen molar-refractivity contribution in [2.24, 2.45) is 0 Å². The quantitative estimate of drug-likeness (QED) is 0.171. The van der Waals surface area contributed by atoms with Crippen LogP contribution in [-0.2, 0) is 19.2 Å². The average molecular weight is 542 g/mol. The standard InChI is InChI=1S/2C13H9.C2H5ClSi.2ClH.Ti/c2*1-3-7-12-10(5-1)9-11-6-2-4-8-13(11)12;1-2-4-3;;;/h2*1-9H;2H2,1H3;2*1H;/q2*-1;;;;+2/p-2. The summed E-state index contributed by atoms with van der Waals surface area (Å²) in [6, 6.07) is 39.7. The summed E-state index contributed by atoms with van der Waals surface area (Å²) in [6.07, 6.45) is 0. The van der Waals surface area contributed by atoms with Crippen molar-refractivity contribution < 1.29 is 44.0 Å². The zero-order valence-corrected chi connectivity index (χ0v) is 23.1. The zero-order chi connectivity index (χ0) is 21.6. The van der Waals surface area contributed by atoms with Gasteiger partial charge in [-0.3, -0.25) is 0 Å². The molecule has 33 heavy (non-hydrogen) atoms. The second-order valence-corrected chi connectivity index (χ2v) is 14.6. The predicted octanol–water partition coefficient (Wildman–Crippen LogP) is 2.71. The maximum atomic E-state index is 5.56. The summed E-state index contributed by atoms with van der Waals surface area (Å²) in [6.45, 7) is 2.11. The molecule has 0 spiro atoms. The van der Waals surface area contributed by atoms with Gasteiger partial charge in [0.2, 0.25) is 0 Å². The molecule has 0 atom stereocenters. The van der Waals surface area contributed by atoms with Crippen molar-refractivity contribution in [2.45, 2.75) is 13.0 Å². The van der Waals surface area contributed by atoms with Gasteiger partial charge < -0.3 is 24.8 Å². The number of hydrogen-bond donors (Lipinski definition) is 0. The molecule has 0 heterocycles. The molecule has 0 saturated carbocycles. The number of benzene rings is 4. The van der Waals surface area contributed by atoms with E-state index in [-0.39, 0.29) is 24.8 Å². The molecule has 0 aliphatic heterocycles. The van der Waals surface area contributed by atoms with Gasteiger partial charge in [-0.25, -0.2) is 0 Å². The number of rotatable bonds is 1. The molecule has 0 radical (unpaired) electrons. The van der Waals surface area contributed by atoms with Gasteiger partial charge in [-0.15, -0.1) is 79.5 Å². The topological polar surface area (TPSA) is 0 Å². The van der Waals surface area contributed by atoms with Crippen LogP contribution < -0.4 is 24.8 Å². The van der Waals surface area contributed by atoms with E-state index in [4.69, 9.17) is 11.1 Å². The van der Waals surface area contributed by atoms with Crippen LogP contribution >= 0.6 is 11.1 Å². The Morgan fingerprint density at radius 3 is 1.00 bits per heavy atom. The molecule has 0 bridgehead atoms. The Morgan fingerprint density at radius 1 is 0.576 bits per heavy atom. The van der Waals surface area contributed by atoms with E-state index in [9.17, 15) is 0 Å². The molecule has 0 N–H and O–H groups in total. The summed E-state index contributed by atoms with van der Waals surface area (Å²) in [5.41, 5.74) is -0.402. The number of fused-ring (bicyclic) bond motifs is 6. The Bertz CT molecular complexity index is 1260. The van der Waals surface area contributed by atoms with E-state index < -0.39 is 5.50 Å². The first-order chi connectivity index (χ1) is 15.2. The van der Waals surface area contributed by atoms with Crippen LogP contribution in [0.25, 0.3) is 43.1 Å². The van der Waals surface area contributed by atoms with Gasteiger partial charge >= 0.3 is 48.7 Å². The summed E-state index contributed by atoms with van der Waals surface area (Å²) in [5, 5.41) is 10.8. The van der Waals surface area contributed by atoms with E-state index in [2.05, 4.69) is 135 Å². The van der Waals surface area contributed by atoms with Crippen molar-refractivity contribution in [3.05, 3.63) is 109 Å². The monoisotopic (exact) mass is 540 g/mol. The fourth-order valence-electron chi connectivity index (χ4n) is 3.81. The van der Waals surface area contributed by atoms with E-state index in [1.54, 1.807) is 0 Å². The molecule has 6 rings (SSSR count). The maximum Gasteiger partial charge on any atom is -0.0771 e. The molecule has 5 heteroatoms. The Kier molecular flexibility index (Phi) is 11.2. The van der Waals surface area contributed by atoms with Crippen molar-refractivity contribution >= 4 is 59.7 Å². The van der Waals surface area contributed by atoms with Gasteiger partial charge in [0, 0.05) is 0 Å². The van der Waals surface area contributed by atoms with E-state index in [0.717, 1.165) is 0 Å². The second-order valence-electron chi connectivity index (χ2n) is 7.40. The van der Waals surface area contributed by atoms with Crippen LogP contribution in [0.1, 0.15) is 6.92 Å². The van der Waals surface area contributed by atoms with Gasteiger partial charge in [0.05, 0.1) is 0 Å². The van der Waals surface area contributed by atoms with E-state index in [1.165, 1.54) is 49.1 Å². The fraction of sp³-hybridized carbons (Fsp3) is 0.0714. The van der Waals surface area contributed by atoms with Gasteiger partial charge in [-0.05, 0) is 0 Å².